The van der Waals surface area contributed by atoms with Crippen molar-refractivity contribution >= 4 is 23.4 Å². The first-order valence-corrected chi connectivity index (χ1v) is 9.11. The third-order valence-electron chi connectivity index (χ3n) is 4.21. The lowest BCUT2D eigenvalue weighted by molar-refractivity contribution is -0.117. The molecule has 0 aliphatic rings. The van der Waals surface area contributed by atoms with Gasteiger partial charge in [0.15, 0.2) is 0 Å². The third kappa shape index (κ3) is 5.32. The summed E-state index contributed by atoms with van der Waals surface area (Å²) >= 11 is 0. The summed E-state index contributed by atoms with van der Waals surface area (Å²) in [4.78, 5) is 37.2. The topological polar surface area (TPSA) is 100 Å². The lowest BCUT2D eigenvalue weighted by atomic mass is 10.1. The van der Waals surface area contributed by atoms with Gasteiger partial charge in [0.1, 0.15) is 11.8 Å². The van der Waals surface area contributed by atoms with Crippen LogP contribution in [-0.2, 0) is 11.3 Å². The minimum absolute atomic E-state index is 0.234. The Bertz CT molecular complexity index is 984. The Hall–Kier alpha value is -3.87. The van der Waals surface area contributed by atoms with Crippen molar-refractivity contribution in [3.8, 4) is 0 Å². The van der Waals surface area contributed by atoms with Crippen LogP contribution in [0.15, 0.2) is 77.4 Å². The molecular formula is C22H21N3O4. The molecule has 0 spiro atoms. The Balaban J connectivity index is 1.62. The van der Waals surface area contributed by atoms with Gasteiger partial charge in [-0.1, -0.05) is 30.3 Å². The minimum Gasteiger partial charge on any atom is -0.467 e. The maximum atomic E-state index is 12.5. The Morgan fingerprint density at radius 1 is 0.897 bits per heavy atom. The first-order valence-electron chi connectivity index (χ1n) is 9.11. The van der Waals surface area contributed by atoms with Crippen molar-refractivity contribution in [1.29, 1.82) is 0 Å². The quantitative estimate of drug-likeness (QED) is 0.576. The van der Waals surface area contributed by atoms with E-state index in [0.717, 1.165) is 0 Å². The van der Waals surface area contributed by atoms with E-state index in [9.17, 15) is 14.4 Å². The van der Waals surface area contributed by atoms with E-state index in [1.165, 1.54) is 6.26 Å². The molecule has 0 saturated carbocycles. The van der Waals surface area contributed by atoms with E-state index in [0.29, 0.717) is 22.6 Å². The van der Waals surface area contributed by atoms with Gasteiger partial charge in [0.25, 0.3) is 11.8 Å². The molecule has 3 rings (SSSR count). The molecule has 3 amide bonds. The highest BCUT2D eigenvalue weighted by molar-refractivity contribution is 6.06. The van der Waals surface area contributed by atoms with Crippen molar-refractivity contribution in [2.75, 3.05) is 5.32 Å². The summed E-state index contributed by atoms with van der Waals surface area (Å²) in [5.74, 6) is -0.506. The number of furan rings is 1. The zero-order valence-electron chi connectivity index (χ0n) is 15.8. The third-order valence-corrected chi connectivity index (χ3v) is 4.21. The minimum atomic E-state index is -0.790. The van der Waals surface area contributed by atoms with E-state index in [4.69, 9.17) is 4.42 Å². The molecule has 1 heterocycles. The lowest BCUT2D eigenvalue weighted by Crippen LogP contribution is -2.41. The largest absolute Gasteiger partial charge is 0.467 e. The summed E-state index contributed by atoms with van der Waals surface area (Å²) in [6.45, 7) is 1.81. The van der Waals surface area contributed by atoms with Gasteiger partial charge in [-0.05, 0) is 43.3 Å². The van der Waals surface area contributed by atoms with Crippen LogP contribution in [-0.4, -0.2) is 23.8 Å². The maximum Gasteiger partial charge on any atom is 0.253 e. The normalized spacial score (nSPS) is 11.3. The molecule has 3 aromatic rings. The molecule has 0 bridgehead atoms. The molecule has 1 unspecified atom stereocenters. The van der Waals surface area contributed by atoms with Gasteiger partial charge in [-0.3, -0.25) is 14.4 Å². The molecule has 0 saturated heterocycles. The highest BCUT2D eigenvalue weighted by Gasteiger charge is 2.19. The van der Waals surface area contributed by atoms with Crippen molar-refractivity contribution in [3.05, 3.63) is 89.9 Å². The summed E-state index contributed by atoms with van der Waals surface area (Å²) in [5, 5.41) is 8.09. The molecule has 7 nitrogen and oxygen atoms in total. The number of benzene rings is 2. The average Bonchev–Trinajstić information content (AvgIpc) is 3.26. The average molecular weight is 391 g/mol. The first-order chi connectivity index (χ1) is 14.0. The van der Waals surface area contributed by atoms with Gasteiger partial charge in [0, 0.05) is 5.56 Å². The van der Waals surface area contributed by atoms with Crippen LogP contribution in [0.2, 0.25) is 0 Å². The van der Waals surface area contributed by atoms with Crippen LogP contribution in [0.4, 0.5) is 5.69 Å². The number of nitrogens with one attached hydrogen (secondary N) is 3. The van der Waals surface area contributed by atoms with E-state index in [1.807, 2.05) is 0 Å². The van der Waals surface area contributed by atoms with E-state index in [2.05, 4.69) is 16.0 Å². The number of para-hydroxylation sites is 1. The highest BCUT2D eigenvalue weighted by atomic mass is 16.3. The SMILES string of the molecule is CC(NC(=O)c1ccccc1)C(=O)Nc1ccccc1C(=O)NCc1ccco1. The fraction of sp³-hybridized carbons (Fsp3) is 0.136. The van der Waals surface area contributed by atoms with Gasteiger partial charge < -0.3 is 20.4 Å². The molecule has 7 heteroatoms. The van der Waals surface area contributed by atoms with Crippen molar-refractivity contribution in [3.63, 3.8) is 0 Å². The van der Waals surface area contributed by atoms with Gasteiger partial charge in [-0.25, -0.2) is 0 Å². The second-order valence-electron chi connectivity index (χ2n) is 6.36. The number of amides is 3. The number of rotatable bonds is 7. The second-order valence-corrected chi connectivity index (χ2v) is 6.36. The van der Waals surface area contributed by atoms with Crippen LogP contribution >= 0.6 is 0 Å². The molecular weight excluding hydrogens is 370 g/mol. The molecule has 1 aromatic heterocycles. The van der Waals surface area contributed by atoms with Crippen molar-refractivity contribution in [2.24, 2.45) is 0 Å². The summed E-state index contributed by atoms with van der Waals surface area (Å²) in [5.41, 5.74) is 1.13. The molecule has 0 aliphatic carbocycles. The molecule has 2 aromatic carbocycles. The second kappa shape index (κ2) is 9.36. The molecule has 0 aliphatic heterocycles. The molecule has 0 fully saturated rings. The standard InChI is InChI=1S/C22H21N3O4/c1-15(24-21(27)16-8-3-2-4-9-16)20(26)25-19-12-6-5-11-18(19)22(28)23-14-17-10-7-13-29-17/h2-13,15H,14H2,1H3,(H,23,28)(H,24,27)(H,25,26). The van der Waals surface area contributed by atoms with Gasteiger partial charge >= 0.3 is 0 Å². The number of hydrogen-bond donors (Lipinski definition) is 3. The van der Waals surface area contributed by atoms with E-state index in [1.54, 1.807) is 73.7 Å². The van der Waals surface area contributed by atoms with Crippen LogP contribution in [0.25, 0.3) is 0 Å². The monoisotopic (exact) mass is 391 g/mol. The highest BCUT2D eigenvalue weighted by Crippen LogP contribution is 2.16. The fourth-order valence-corrected chi connectivity index (χ4v) is 2.64. The zero-order chi connectivity index (χ0) is 20.6. The molecule has 0 radical (unpaired) electrons. The smallest absolute Gasteiger partial charge is 0.253 e. The summed E-state index contributed by atoms with van der Waals surface area (Å²) in [6, 6.07) is 18.0. The van der Waals surface area contributed by atoms with Gasteiger partial charge in [0.2, 0.25) is 5.91 Å². The van der Waals surface area contributed by atoms with Crippen LogP contribution in [0.3, 0.4) is 0 Å². The Kier molecular flexibility index (Phi) is 6.42. The Morgan fingerprint density at radius 3 is 2.34 bits per heavy atom. The van der Waals surface area contributed by atoms with Gasteiger partial charge in [-0.2, -0.15) is 0 Å². The van der Waals surface area contributed by atoms with Crippen LogP contribution in [0, 0.1) is 0 Å². The number of carbonyl (C=O) groups is 3. The maximum absolute atomic E-state index is 12.5. The molecule has 148 valence electrons. The Morgan fingerprint density at radius 2 is 1.62 bits per heavy atom. The van der Waals surface area contributed by atoms with Gasteiger partial charge in [0.05, 0.1) is 24.1 Å². The molecule has 1 atom stereocenters. The fourth-order valence-electron chi connectivity index (χ4n) is 2.64. The number of carbonyl (C=O) groups excluding carboxylic acids is 3. The van der Waals surface area contributed by atoms with E-state index < -0.39 is 11.9 Å². The lowest BCUT2D eigenvalue weighted by Gasteiger charge is -2.16. The Labute approximate surface area is 168 Å². The van der Waals surface area contributed by atoms with Crippen LogP contribution < -0.4 is 16.0 Å². The summed E-state index contributed by atoms with van der Waals surface area (Å²) in [6.07, 6.45) is 1.53. The van der Waals surface area contributed by atoms with Crippen LogP contribution in [0.1, 0.15) is 33.4 Å². The first kappa shape index (κ1) is 19.9. The van der Waals surface area contributed by atoms with Crippen molar-refractivity contribution in [1.82, 2.24) is 10.6 Å². The van der Waals surface area contributed by atoms with Gasteiger partial charge in [-0.15, -0.1) is 0 Å². The van der Waals surface area contributed by atoms with Crippen molar-refractivity contribution < 1.29 is 18.8 Å². The van der Waals surface area contributed by atoms with Crippen molar-refractivity contribution in [2.45, 2.75) is 19.5 Å². The van der Waals surface area contributed by atoms with Crippen LogP contribution in [0.5, 0.6) is 0 Å². The molecule has 29 heavy (non-hydrogen) atoms. The van der Waals surface area contributed by atoms with E-state index >= 15 is 0 Å². The molecule has 3 N–H and O–H groups in total. The summed E-state index contributed by atoms with van der Waals surface area (Å²) in [7, 11) is 0. The predicted octanol–water partition coefficient (Wildman–Crippen LogP) is 2.97. The number of hydrogen-bond acceptors (Lipinski definition) is 4. The predicted molar refractivity (Wildman–Crippen MR) is 108 cm³/mol. The number of anilines is 1. The van der Waals surface area contributed by atoms with E-state index in [-0.39, 0.29) is 18.4 Å². The summed E-state index contributed by atoms with van der Waals surface area (Å²) < 4.78 is 5.19. The zero-order valence-corrected chi connectivity index (χ0v) is 15.8.